The first kappa shape index (κ1) is 14.8. The molecule has 0 nitrogen and oxygen atoms in total. The van der Waals surface area contributed by atoms with Gasteiger partial charge in [-0.1, -0.05) is 94.1 Å². The first-order valence-electron chi connectivity index (χ1n) is 7.96. The first-order chi connectivity index (χ1) is 9.81. The van der Waals surface area contributed by atoms with Crippen molar-refractivity contribution in [2.75, 3.05) is 0 Å². The summed E-state index contributed by atoms with van der Waals surface area (Å²) in [6.07, 6.45) is 6.74. The fourth-order valence-corrected chi connectivity index (χ4v) is 2.68. The van der Waals surface area contributed by atoms with E-state index in [-0.39, 0.29) is 0 Å². The van der Waals surface area contributed by atoms with Gasteiger partial charge in [0.2, 0.25) is 0 Å². The van der Waals surface area contributed by atoms with Crippen LogP contribution in [-0.4, -0.2) is 0 Å². The van der Waals surface area contributed by atoms with Gasteiger partial charge in [-0.25, -0.2) is 0 Å². The molecular formula is C20H26. The summed E-state index contributed by atoms with van der Waals surface area (Å²) < 4.78 is 0. The highest BCUT2D eigenvalue weighted by molar-refractivity contribution is 5.63. The molecule has 106 valence electrons. The second-order valence-electron chi connectivity index (χ2n) is 5.74. The van der Waals surface area contributed by atoms with Crippen LogP contribution in [0.5, 0.6) is 0 Å². The lowest BCUT2D eigenvalue weighted by Crippen LogP contribution is -1.93. The van der Waals surface area contributed by atoms with E-state index in [2.05, 4.69) is 68.4 Å². The molecule has 2 rings (SSSR count). The molecule has 0 fully saturated rings. The Balaban J connectivity index is 1.94. The molecule has 0 aromatic heterocycles. The molecule has 20 heavy (non-hydrogen) atoms. The summed E-state index contributed by atoms with van der Waals surface area (Å²) in [5.74, 6) is 0.677. The Kier molecular flexibility index (Phi) is 5.86. The third-order valence-electron chi connectivity index (χ3n) is 4.08. The minimum Gasteiger partial charge on any atom is -0.0654 e. The maximum Gasteiger partial charge on any atom is -0.0184 e. The Morgan fingerprint density at radius 2 is 1.40 bits per heavy atom. The number of unbranched alkanes of at least 4 members (excludes halogenated alkanes) is 3. The van der Waals surface area contributed by atoms with E-state index in [1.54, 1.807) is 0 Å². The zero-order chi connectivity index (χ0) is 14.2. The maximum atomic E-state index is 2.35. The van der Waals surface area contributed by atoms with E-state index in [4.69, 9.17) is 0 Å². The molecule has 0 saturated carbocycles. The van der Waals surface area contributed by atoms with Gasteiger partial charge in [0.25, 0.3) is 0 Å². The minimum atomic E-state index is 0.677. The Hall–Kier alpha value is -1.56. The van der Waals surface area contributed by atoms with Crippen LogP contribution in [-0.2, 0) is 0 Å². The summed E-state index contributed by atoms with van der Waals surface area (Å²) in [7, 11) is 0. The molecule has 0 bridgehead atoms. The van der Waals surface area contributed by atoms with E-state index in [1.165, 1.54) is 48.8 Å². The average molecular weight is 266 g/mol. The zero-order valence-electron chi connectivity index (χ0n) is 12.8. The van der Waals surface area contributed by atoms with Crippen LogP contribution in [0, 0.1) is 0 Å². The van der Waals surface area contributed by atoms with Gasteiger partial charge in [0.1, 0.15) is 0 Å². The largest absolute Gasteiger partial charge is 0.0654 e. The summed E-state index contributed by atoms with van der Waals surface area (Å²) in [4.78, 5) is 0. The van der Waals surface area contributed by atoms with Crippen molar-refractivity contribution < 1.29 is 0 Å². The van der Waals surface area contributed by atoms with Crippen LogP contribution in [0.15, 0.2) is 54.6 Å². The van der Waals surface area contributed by atoms with Crippen molar-refractivity contribution in [1.29, 1.82) is 0 Å². The second kappa shape index (κ2) is 7.89. The van der Waals surface area contributed by atoms with E-state index in [0.29, 0.717) is 5.92 Å². The molecular weight excluding hydrogens is 240 g/mol. The zero-order valence-corrected chi connectivity index (χ0v) is 12.8. The van der Waals surface area contributed by atoms with Crippen LogP contribution in [0.25, 0.3) is 11.1 Å². The molecule has 0 radical (unpaired) electrons. The van der Waals surface area contributed by atoms with Crippen molar-refractivity contribution >= 4 is 0 Å². The van der Waals surface area contributed by atoms with Crippen LogP contribution in [0.1, 0.15) is 57.4 Å². The summed E-state index contributed by atoms with van der Waals surface area (Å²) in [5.41, 5.74) is 4.09. The van der Waals surface area contributed by atoms with Crippen LogP contribution < -0.4 is 0 Å². The molecule has 0 aliphatic heterocycles. The first-order valence-corrected chi connectivity index (χ1v) is 7.96. The van der Waals surface area contributed by atoms with Crippen LogP contribution in [0.2, 0.25) is 0 Å². The van der Waals surface area contributed by atoms with Crippen LogP contribution >= 0.6 is 0 Å². The monoisotopic (exact) mass is 266 g/mol. The summed E-state index contributed by atoms with van der Waals surface area (Å²) in [5, 5.41) is 0. The van der Waals surface area contributed by atoms with Gasteiger partial charge >= 0.3 is 0 Å². The Morgan fingerprint density at radius 3 is 2.05 bits per heavy atom. The fraction of sp³-hybridized carbons (Fsp3) is 0.400. The molecule has 2 aromatic rings. The van der Waals surface area contributed by atoms with Crippen molar-refractivity contribution in [2.24, 2.45) is 0 Å². The SMILES string of the molecule is CCCCCCC(C)c1ccc(-c2ccccc2)cc1. The summed E-state index contributed by atoms with van der Waals surface area (Å²) in [6.45, 7) is 4.62. The second-order valence-corrected chi connectivity index (χ2v) is 5.74. The van der Waals surface area contributed by atoms with Gasteiger partial charge in [0.05, 0.1) is 0 Å². The van der Waals surface area contributed by atoms with Crippen molar-refractivity contribution in [1.82, 2.24) is 0 Å². The van der Waals surface area contributed by atoms with Crippen molar-refractivity contribution in [3.05, 3.63) is 60.2 Å². The van der Waals surface area contributed by atoms with Crippen molar-refractivity contribution in [2.45, 2.75) is 51.9 Å². The predicted molar refractivity (Wildman–Crippen MR) is 89.1 cm³/mol. The number of rotatable bonds is 7. The van der Waals surface area contributed by atoms with E-state index >= 15 is 0 Å². The minimum absolute atomic E-state index is 0.677. The molecule has 0 saturated heterocycles. The van der Waals surface area contributed by atoms with E-state index in [0.717, 1.165) is 0 Å². The lowest BCUT2D eigenvalue weighted by molar-refractivity contribution is 0.580. The van der Waals surface area contributed by atoms with E-state index in [1.807, 2.05) is 0 Å². The lowest BCUT2D eigenvalue weighted by Gasteiger charge is -2.12. The van der Waals surface area contributed by atoms with Gasteiger partial charge in [-0.15, -0.1) is 0 Å². The van der Waals surface area contributed by atoms with Crippen molar-refractivity contribution in [3.8, 4) is 11.1 Å². The number of hydrogen-bond acceptors (Lipinski definition) is 0. The third kappa shape index (κ3) is 4.23. The molecule has 0 aliphatic carbocycles. The smallest absolute Gasteiger partial charge is 0.0184 e. The number of hydrogen-bond donors (Lipinski definition) is 0. The topological polar surface area (TPSA) is 0 Å². The molecule has 0 aliphatic rings. The van der Waals surface area contributed by atoms with Gasteiger partial charge in [-0.2, -0.15) is 0 Å². The molecule has 0 heterocycles. The number of benzene rings is 2. The quantitative estimate of drug-likeness (QED) is 0.507. The maximum absolute atomic E-state index is 2.35. The summed E-state index contributed by atoms with van der Waals surface area (Å²) in [6, 6.07) is 19.7. The van der Waals surface area contributed by atoms with Crippen LogP contribution in [0.4, 0.5) is 0 Å². The Labute approximate surface area is 123 Å². The lowest BCUT2D eigenvalue weighted by atomic mass is 9.93. The normalized spacial score (nSPS) is 12.3. The highest BCUT2D eigenvalue weighted by Gasteiger charge is 2.05. The fourth-order valence-electron chi connectivity index (χ4n) is 2.68. The van der Waals surface area contributed by atoms with E-state index in [9.17, 15) is 0 Å². The predicted octanol–water partition coefficient (Wildman–Crippen LogP) is 6.43. The molecule has 0 heteroatoms. The van der Waals surface area contributed by atoms with Crippen LogP contribution in [0.3, 0.4) is 0 Å². The van der Waals surface area contributed by atoms with E-state index < -0.39 is 0 Å². The van der Waals surface area contributed by atoms with Gasteiger partial charge in [0.15, 0.2) is 0 Å². The molecule has 0 spiro atoms. The Morgan fingerprint density at radius 1 is 0.750 bits per heavy atom. The third-order valence-corrected chi connectivity index (χ3v) is 4.08. The van der Waals surface area contributed by atoms with Gasteiger partial charge in [0, 0.05) is 0 Å². The highest BCUT2D eigenvalue weighted by Crippen LogP contribution is 2.25. The molecule has 1 unspecified atom stereocenters. The molecule has 1 atom stereocenters. The highest BCUT2D eigenvalue weighted by atomic mass is 14.1. The van der Waals surface area contributed by atoms with Crippen molar-refractivity contribution in [3.63, 3.8) is 0 Å². The molecule has 2 aromatic carbocycles. The Bertz CT molecular complexity index is 481. The van der Waals surface area contributed by atoms with Gasteiger partial charge < -0.3 is 0 Å². The summed E-state index contributed by atoms with van der Waals surface area (Å²) >= 11 is 0. The van der Waals surface area contributed by atoms with Gasteiger partial charge in [-0.3, -0.25) is 0 Å². The molecule has 0 N–H and O–H groups in total. The average Bonchev–Trinajstić information content (AvgIpc) is 2.52. The van der Waals surface area contributed by atoms with Gasteiger partial charge in [-0.05, 0) is 29.0 Å². The molecule has 0 amide bonds. The standard InChI is InChI=1S/C20H26/c1-3-4-5-7-10-17(2)18-13-15-20(16-14-18)19-11-8-6-9-12-19/h6,8-9,11-17H,3-5,7,10H2,1-2H3.